The molecule has 0 bridgehead atoms. The zero-order chi connectivity index (χ0) is 19.9. The zero-order valence-electron chi connectivity index (χ0n) is 17.6. The van der Waals surface area contributed by atoms with Crippen LogP contribution >= 0.6 is 24.0 Å². The number of nitrogens with zero attached hydrogens (tertiary/aromatic N) is 4. The molecular weight excluding hydrogens is 475 g/mol. The number of guanidine groups is 1. The standard InChI is InChI=1S/C22H30N6.HI/c1-17-26-20-11-5-6-12-21(20)28(17)14-8-13-24-22(23-2)25-16-18-9-7-10-19(15-18)27(3)4;/h5-7,9-12,15H,8,13-14,16H2,1-4H3,(H2,23,24,25);1H. The van der Waals surface area contributed by atoms with Crippen LogP contribution < -0.4 is 15.5 Å². The Labute approximate surface area is 190 Å². The molecule has 0 radical (unpaired) electrons. The van der Waals surface area contributed by atoms with Gasteiger partial charge in [-0.3, -0.25) is 4.99 Å². The number of hydrogen-bond donors (Lipinski definition) is 2. The largest absolute Gasteiger partial charge is 0.378 e. The van der Waals surface area contributed by atoms with Crippen molar-refractivity contribution < 1.29 is 0 Å². The zero-order valence-corrected chi connectivity index (χ0v) is 20.0. The number of rotatable bonds is 7. The summed E-state index contributed by atoms with van der Waals surface area (Å²) in [5.41, 5.74) is 4.69. The van der Waals surface area contributed by atoms with Crippen molar-refractivity contribution in [3.63, 3.8) is 0 Å². The summed E-state index contributed by atoms with van der Waals surface area (Å²) < 4.78 is 2.28. The Morgan fingerprint density at radius 1 is 1.10 bits per heavy atom. The Balaban J connectivity index is 0.00000300. The van der Waals surface area contributed by atoms with Gasteiger partial charge in [0.05, 0.1) is 11.0 Å². The van der Waals surface area contributed by atoms with Gasteiger partial charge in [0.25, 0.3) is 0 Å². The summed E-state index contributed by atoms with van der Waals surface area (Å²) in [6.45, 7) is 4.59. The normalized spacial score (nSPS) is 11.2. The van der Waals surface area contributed by atoms with Crippen LogP contribution in [0.25, 0.3) is 11.0 Å². The molecule has 0 saturated heterocycles. The van der Waals surface area contributed by atoms with Crippen molar-refractivity contribution in [1.29, 1.82) is 0 Å². The SMILES string of the molecule is CN=C(NCCCn1c(C)nc2ccccc21)NCc1cccc(N(C)C)c1.I. The number of halogens is 1. The van der Waals surface area contributed by atoms with E-state index in [1.807, 2.05) is 6.07 Å². The van der Waals surface area contributed by atoms with Gasteiger partial charge in [-0.2, -0.15) is 0 Å². The number of imidazole rings is 1. The van der Waals surface area contributed by atoms with Crippen molar-refractivity contribution in [1.82, 2.24) is 20.2 Å². The second-order valence-corrected chi connectivity index (χ2v) is 7.07. The molecule has 2 N–H and O–H groups in total. The number of para-hydroxylation sites is 2. The molecule has 0 fully saturated rings. The molecule has 156 valence electrons. The molecule has 7 heteroatoms. The van der Waals surface area contributed by atoms with Gasteiger partial charge in [0.15, 0.2) is 5.96 Å². The van der Waals surface area contributed by atoms with Crippen molar-refractivity contribution in [2.24, 2.45) is 4.99 Å². The molecule has 6 nitrogen and oxygen atoms in total. The van der Waals surface area contributed by atoms with Crippen molar-refractivity contribution in [2.75, 3.05) is 32.6 Å². The lowest BCUT2D eigenvalue weighted by Crippen LogP contribution is -2.37. The van der Waals surface area contributed by atoms with Crippen LogP contribution in [-0.2, 0) is 13.1 Å². The number of fused-ring (bicyclic) bond motifs is 1. The Morgan fingerprint density at radius 2 is 1.90 bits per heavy atom. The number of benzene rings is 2. The number of aromatic nitrogens is 2. The van der Waals surface area contributed by atoms with Gasteiger partial charge < -0.3 is 20.1 Å². The van der Waals surface area contributed by atoms with Crippen LogP contribution in [0.1, 0.15) is 17.8 Å². The van der Waals surface area contributed by atoms with Crippen LogP contribution in [0.15, 0.2) is 53.5 Å². The fraction of sp³-hybridized carbons (Fsp3) is 0.364. The van der Waals surface area contributed by atoms with Crippen LogP contribution in [0.2, 0.25) is 0 Å². The van der Waals surface area contributed by atoms with Crippen molar-refractivity contribution >= 4 is 46.7 Å². The minimum Gasteiger partial charge on any atom is -0.378 e. The first-order valence-corrected chi connectivity index (χ1v) is 9.71. The molecule has 0 saturated carbocycles. The lowest BCUT2D eigenvalue weighted by atomic mass is 10.2. The first kappa shape index (κ1) is 23.0. The molecule has 3 rings (SSSR count). The van der Waals surface area contributed by atoms with Crippen molar-refractivity contribution in [3.05, 3.63) is 59.9 Å². The predicted octanol–water partition coefficient (Wildman–Crippen LogP) is 3.78. The molecule has 29 heavy (non-hydrogen) atoms. The van der Waals surface area contributed by atoms with Gasteiger partial charge in [-0.25, -0.2) is 4.98 Å². The first-order chi connectivity index (χ1) is 13.6. The summed E-state index contributed by atoms with van der Waals surface area (Å²) in [7, 11) is 5.91. The van der Waals surface area contributed by atoms with E-state index in [2.05, 4.69) is 93.6 Å². The predicted molar refractivity (Wildman–Crippen MR) is 133 cm³/mol. The summed E-state index contributed by atoms with van der Waals surface area (Å²) in [5, 5.41) is 6.79. The highest BCUT2D eigenvalue weighted by Gasteiger charge is 2.06. The molecule has 1 heterocycles. The van der Waals surface area contributed by atoms with E-state index in [9.17, 15) is 0 Å². The molecule has 0 aliphatic rings. The van der Waals surface area contributed by atoms with Gasteiger partial charge in [0.2, 0.25) is 0 Å². The van der Waals surface area contributed by atoms with Crippen molar-refractivity contribution in [3.8, 4) is 0 Å². The first-order valence-electron chi connectivity index (χ1n) is 9.71. The highest BCUT2D eigenvalue weighted by molar-refractivity contribution is 14.0. The molecule has 3 aromatic rings. The monoisotopic (exact) mass is 506 g/mol. The summed E-state index contributed by atoms with van der Waals surface area (Å²) in [6, 6.07) is 16.8. The summed E-state index contributed by atoms with van der Waals surface area (Å²) in [6.07, 6.45) is 0.998. The third kappa shape index (κ3) is 6.09. The maximum absolute atomic E-state index is 4.63. The van der Waals surface area contributed by atoms with E-state index in [1.54, 1.807) is 7.05 Å². The molecule has 0 aliphatic heterocycles. The second-order valence-electron chi connectivity index (χ2n) is 7.07. The molecule has 2 aromatic carbocycles. The number of hydrogen-bond acceptors (Lipinski definition) is 3. The van der Waals surface area contributed by atoms with E-state index >= 15 is 0 Å². The minimum absolute atomic E-state index is 0. The average Bonchev–Trinajstić information content (AvgIpc) is 3.02. The smallest absolute Gasteiger partial charge is 0.191 e. The average molecular weight is 506 g/mol. The van der Waals surface area contributed by atoms with Gasteiger partial charge in [-0.15, -0.1) is 24.0 Å². The molecule has 0 amide bonds. The lowest BCUT2D eigenvalue weighted by Gasteiger charge is -2.15. The number of aliphatic imine (C=N–C) groups is 1. The fourth-order valence-electron chi connectivity index (χ4n) is 3.27. The highest BCUT2D eigenvalue weighted by Crippen LogP contribution is 2.15. The maximum Gasteiger partial charge on any atom is 0.191 e. The van der Waals surface area contributed by atoms with E-state index < -0.39 is 0 Å². The van der Waals surface area contributed by atoms with Crippen LogP contribution in [-0.4, -0.2) is 43.2 Å². The molecule has 0 aliphatic carbocycles. The van der Waals surface area contributed by atoms with E-state index in [0.717, 1.165) is 43.4 Å². The van der Waals surface area contributed by atoms with E-state index in [-0.39, 0.29) is 24.0 Å². The van der Waals surface area contributed by atoms with Crippen molar-refractivity contribution in [2.45, 2.75) is 26.4 Å². The van der Waals surface area contributed by atoms with Crippen LogP contribution in [0.4, 0.5) is 5.69 Å². The van der Waals surface area contributed by atoms with Gasteiger partial charge in [0, 0.05) is 46.5 Å². The highest BCUT2D eigenvalue weighted by atomic mass is 127. The Bertz CT molecular complexity index is 947. The topological polar surface area (TPSA) is 57.5 Å². The summed E-state index contributed by atoms with van der Waals surface area (Å²) in [5.74, 6) is 1.88. The second kappa shape index (κ2) is 11.0. The Kier molecular flexibility index (Phi) is 8.75. The lowest BCUT2D eigenvalue weighted by molar-refractivity contribution is 0.624. The molecule has 0 spiro atoms. The quantitative estimate of drug-likeness (QED) is 0.222. The molecule has 0 unspecified atom stereocenters. The van der Waals surface area contributed by atoms with Crippen LogP contribution in [0, 0.1) is 6.92 Å². The summed E-state index contributed by atoms with van der Waals surface area (Å²) in [4.78, 5) is 11.1. The molecule has 1 aromatic heterocycles. The van der Waals surface area contributed by atoms with E-state index in [0.29, 0.717) is 0 Å². The number of anilines is 1. The molecular formula is C22H31IN6. The number of aryl methyl sites for hydroxylation is 2. The van der Waals surface area contributed by atoms with Gasteiger partial charge >= 0.3 is 0 Å². The Hall–Kier alpha value is -2.29. The third-order valence-corrected chi connectivity index (χ3v) is 4.81. The minimum atomic E-state index is 0. The van der Waals surface area contributed by atoms with Gasteiger partial charge in [-0.1, -0.05) is 24.3 Å². The Morgan fingerprint density at radius 3 is 2.66 bits per heavy atom. The van der Waals surface area contributed by atoms with Crippen LogP contribution in [0.3, 0.4) is 0 Å². The van der Waals surface area contributed by atoms with Gasteiger partial charge in [-0.05, 0) is 43.2 Å². The maximum atomic E-state index is 4.63. The van der Waals surface area contributed by atoms with E-state index in [1.165, 1.54) is 16.8 Å². The number of nitrogens with one attached hydrogen (secondary N) is 2. The third-order valence-electron chi connectivity index (χ3n) is 4.81. The van der Waals surface area contributed by atoms with Crippen LogP contribution in [0.5, 0.6) is 0 Å². The van der Waals surface area contributed by atoms with E-state index in [4.69, 9.17) is 0 Å². The fourth-order valence-corrected chi connectivity index (χ4v) is 3.27. The molecule has 0 atom stereocenters. The van der Waals surface area contributed by atoms with Gasteiger partial charge in [0.1, 0.15) is 5.82 Å². The summed E-state index contributed by atoms with van der Waals surface area (Å²) >= 11 is 0.